The van der Waals surface area contributed by atoms with Crippen LogP contribution in [0.2, 0.25) is 0 Å². The lowest BCUT2D eigenvalue weighted by atomic mass is 10.1. The number of hydrogen-bond acceptors (Lipinski definition) is 5. The Morgan fingerprint density at radius 1 is 1.08 bits per heavy atom. The number of carboxylic acid groups (broad SMARTS) is 1. The molecule has 0 spiro atoms. The van der Waals surface area contributed by atoms with E-state index in [0.29, 0.717) is 17.9 Å². The van der Waals surface area contributed by atoms with Crippen molar-refractivity contribution in [3.05, 3.63) is 54.6 Å². The fraction of sp³-hybridized carbons (Fsp3) is 0.263. The molecule has 6 heteroatoms. The molecule has 0 saturated heterocycles. The number of nitrogens with one attached hydrogen (secondary N) is 1. The summed E-state index contributed by atoms with van der Waals surface area (Å²) < 4.78 is 5.41. The molecule has 0 aromatic heterocycles. The van der Waals surface area contributed by atoms with Crippen LogP contribution < -0.4 is 15.2 Å². The maximum Gasteiger partial charge on any atom is 0.258 e. The van der Waals surface area contributed by atoms with Crippen molar-refractivity contribution in [3.8, 4) is 16.9 Å². The van der Waals surface area contributed by atoms with Gasteiger partial charge in [0, 0.05) is 0 Å². The largest absolute Gasteiger partial charge is 0.548 e. The number of hydrogen-bond donors (Lipinski definition) is 1. The summed E-state index contributed by atoms with van der Waals surface area (Å²) in [4.78, 5) is 22.9. The Labute approximate surface area is 151 Å². The Hall–Kier alpha value is -2.47. The summed E-state index contributed by atoms with van der Waals surface area (Å²) in [7, 11) is 0. The van der Waals surface area contributed by atoms with Crippen LogP contribution in [0, 0.1) is 0 Å². The topological polar surface area (TPSA) is 78.5 Å². The molecule has 2 aromatic rings. The van der Waals surface area contributed by atoms with E-state index in [1.807, 2.05) is 48.7 Å². The number of benzene rings is 2. The Bertz CT molecular complexity index is 688. The van der Waals surface area contributed by atoms with Gasteiger partial charge in [0.25, 0.3) is 5.91 Å². The molecular formula is C19H20NO4S-. The number of amides is 1. The minimum Gasteiger partial charge on any atom is -0.548 e. The van der Waals surface area contributed by atoms with Crippen LogP contribution in [0.15, 0.2) is 54.6 Å². The normalized spacial score (nSPS) is 11.6. The molecule has 1 atom stereocenters. The van der Waals surface area contributed by atoms with E-state index in [1.165, 1.54) is 11.8 Å². The smallest absolute Gasteiger partial charge is 0.258 e. The predicted molar refractivity (Wildman–Crippen MR) is 97.3 cm³/mol. The van der Waals surface area contributed by atoms with Gasteiger partial charge >= 0.3 is 0 Å². The molecule has 0 bridgehead atoms. The number of ether oxygens (including phenoxy) is 1. The molecule has 0 radical (unpaired) electrons. The Morgan fingerprint density at radius 2 is 1.72 bits per heavy atom. The average Bonchev–Trinajstić information content (AvgIpc) is 2.64. The van der Waals surface area contributed by atoms with Crippen molar-refractivity contribution in [2.45, 2.75) is 12.5 Å². The lowest BCUT2D eigenvalue weighted by molar-refractivity contribution is -0.308. The molecule has 1 N–H and O–H groups in total. The number of thioether (sulfide) groups is 1. The van der Waals surface area contributed by atoms with E-state index in [4.69, 9.17) is 4.74 Å². The standard InChI is InChI=1S/C19H21NO4S/c1-25-12-11-17(19(22)23)20-18(21)13-24-16-9-7-15(8-10-16)14-5-3-2-4-6-14/h2-10,17H,11-13H2,1H3,(H,20,21)(H,22,23)/p-1/t17-/m0/s1. The van der Waals surface area contributed by atoms with E-state index in [-0.39, 0.29) is 6.61 Å². The predicted octanol–water partition coefficient (Wildman–Crippen LogP) is 1.72. The summed E-state index contributed by atoms with van der Waals surface area (Å²) in [6.07, 6.45) is 2.19. The maximum absolute atomic E-state index is 11.8. The highest BCUT2D eigenvalue weighted by molar-refractivity contribution is 7.98. The third kappa shape index (κ3) is 6.15. The highest BCUT2D eigenvalue weighted by atomic mass is 32.2. The van der Waals surface area contributed by atoms with Crippen LogP contribution in [0.25, 0.3) is 11.1 Å². The molecule has 0 saturated carbocycles. The van der Waals surface area contributed by atoms with Gasteiger partial charge in [0.05, 0.1) is 12.0 Å². The van der Waals surface area contributed by atoms with Crippen molar-refractivity contribution < 1.29 is 19.4 Å². The summed E-state index contributed by atoms with van der Waals surface area (Å²) in [5, 5.41) is 13.4. The first-order valence-electron chi connectivity index (χ1n) is 7.87. The second-order valence-corrected chi connectivity index (χ2v) is 6.39. The number of aliphatic carboxylic acids is 1. The van der Waals surface area contributed by atoms with E-state index < -0.39 is 17.9 Å². The Kier molecular flexibility index (Phi) is 7.35. The zero-order chi connectivity index (χ0) is 18.1. The maximum atomic E-state index is 11.8. The van der Waals surface area contributed by atoms with Crippen LogP contribution >= 0.6 is 11.8 Å². The van der Waals surface area contributed by atoms with Crippen LogP contribution in [0.4, 0.5) is 0 Å². The summed E-state index contributed by atoms with van der Waals surface area (Å²) in [6, 6.07) is 16.3. The number of rotatable bonds is 9. The second-order valence-electron chi connectivity index (χ2n) is 5.40. The van der Waals surface area contributed by atoms with Gasteiger partial charge in [-0.15, -0.1) is 0 Å². The molecule has 0 unspecified atom stereocenters. The van der Waals surface area contributed by atoms with E-state index >= 15 is 0 Å². The van der Waals surface area contributed by atoms with Gasteiger partial charge in [-0.2, -0.15) is 11.8 Å². The number of carbonyl (C=O) groups is 2. The van der Waals surface area contributed by atoms with E-state index in [1.54, 1.807) is 12.1 Å². The van der Waals surface area contributed by atoms with Crippen LogP contribution in [-0.2, 0) is 9.59 Å². The summed E-state index contributed by atoms with van der Waals surface area (Å²) in [5.74, 6) is -0.596. The fourth-order valence-corrected chi connectivity index (χ4v) is 2.72. The second kappa shape index (κ2) is 9.74. The molecule has 2 aromatic carbocycles. The van der Waals surface area contributed by atoms with Crippen molar-refractivity contribution in [1.29, 1.82) is 0 Å². The fourth-order valence-electron chi connectivity index (χ4n) is 2.24. The molecule has 1 amide bonds. The molecule has 0 aliphatic carbocycles. The quantitative estimate of drug-likeness (QED) is 0.738. The van der Waals surface area contributed by atoms with Crippen molar-refractivity contribution in [3.63, 3.8) is 0 Å². The van der Waals surface area contributed by atoms with Gasteiger partial charge in [-0.25, -0.2) is 0 Å². The SMILES string of the molecule is CSCC[C@H](NC(=O)COc1ccc(-c2ccccc2)cc1)C(=O)[O-]. The van der Waals surface area contributed by atoms with Crippen molar-refractivity contribution >= 4 is 23.6 Å². The Balaban J connectivity index is 1.86. The molecule has 2 rings (SSSR count). The molecular weight excluding hydrogens is 338 g/mol. The van der Waals surface area contributed by atoms with Gasteiger partial charge < -0.3 is 20.0 Å². The van der Waals surface area contributed by atoms with Crippen LogP contribution in [0.3, 0.4) is 0 Å². The van der Waals surface area contributed by atoms with Crippen LogP contribution in [-0.4, -0.2) is 36.5 Å². The molecule has 25 heavy (non-hydrogen) atoms. The number of carbonyl (C=O) groups excluding carboxylic acids is 2. The first-order chi connectivity index (χ1) is 12.1. The van der Waals surface area contributed by atoms with Gasteiger partial charge in [-0.1, -0.05) is 42.5 Å². The summed E-state index contributed by atoms with van der Waals surface area (Å²) in [5.41, 5.74) is 2.14. The highest BCUT2D eigenvalue weighted by Gasteiger charge is 2.13. The van der Waals surface area contributed by atoms with Crippen LogP contribution in [0.1, 0.15) is 6.42 Å². The van der Waals surface area contributed by atoms with Gasteiger partial charge in [-0.3, -0.25) is 4.79 Å². The van der Waals surface area contributed by atoms with Crippen molar-refractivity contribution in [2.24, 2.45) is 0 Å². The molecule has 0 heterocycles. The minimum absolute atomic E-state index is 0.242. The van der Waals surface area contributed by atoms with Gasteiger partial charge in [-0.05, 0) is 41.7 Å². The van der Waals surface area contributed by atoms with Crippen LogP contribution in [0.5, 0.6) is 5.75 Å². The summed E-state index contributed by atoms with van der Waals surface area (Å²) in [6.45, 7) is -0.242. The summed E-state index contributed by atoms with van der Waals surface area (Å²) >= 11 is 1.51. The zero-order valence-electron chi connectivity index (χ0n) is 13.9. The Morgan fingerprint density at radius 3 is 2.32 bits per heavy atom. The molecule has 132 valence electrons. The van der Waals surface area contributed by atoms with E-state index in [2.05, 4.69) is 5.32 Å². The monoisotopic (exact) mass is 358 g/mol. The van der Waals surface area contributed by atoms with Crippen molar-refractivity contribution in [1.82, 2.24) is 5.32 Å². The molecule has 0 aliphatic rings. The molecule has 5 nitrogen and oxygen atoms in total. The number of carboxylic acids is 1. The molecule has 0 aliphatic heterocycles. The minimum atomic E-state index is -1.28. The highest BCUT2D eigenvalue weighted by Crippen LogP contribution is 2.21. The molecule has 0 fully saturated rings. The van der Waals surface area contributed by atoms with E-state index in [9.17, 15) is 14.7 Å². The first-order valence-corrected chi connectivity index (χ1v) is 9.27. The third-order valence-electron chi connectivity index (χ3n) is 3.56. The van der Waals surface area contributed by atoms with Crippen molar-refractivity contribution in [2.75, 3.05) is 18.6 Å². The lowest BCUT2D eigenvalue weighted by Gasteiger charge is -2.19. The third-order valence-corrected chi connectivity index (χ3v) is 4.21. The van der Waals surface area contributed by atoms with Gasteiger partial charge in [0.1, 0.15) is 5.75 Å². The van der Waals surface area contributed by atoms with Gasteiger partial charge in [0.15, 0.2) is 6.61 Å². The first kappa shape index (κ1) is 18.9. The van der Waals surface area contributed by atoms with E-state index in [0.717, 1.165) is 11.1 Å². The average molecular weight is 358 g/mol. The lowest BCUT2D eigenvalue weighted by Crippen LogP contribution is -2.49. The van der Waals surface area contributed by atoms with Gasteiger partial charge in [0.2, 0.25) is 0 Å². The zero-order valence-corrected chi connectivity index (χ0v) is 14.8.